The molecule has 0 spiro atoms. The minimum atomic E-state index is -0.380. The van der Waals surface area contributed by atoms with Crippen LogP contribution >= 0.6 is 0 Å². The molecule has 0 fully saturated rings. The summed E-state index contributed by atoms with van der Waals surface area (Å²) in [7, 11) is 1.58. The number of nitrogens with two attached hydrogens (primary N) is 1. The topological polar surface area (TPSA) is 64.7 Å². The highest BCUT2D eigenvalue weighted by Gasteiger charge is 2.09. The van der Waals surface area contributed by atoms with E-state index >= 15 is 0 Å². The highest BCUT2D eigenvalue weighted by Crippen LogP contribution is 2.29. The maximum atomic E-state index is 8.93. The van der Waals surface area contributed by atoms with Crippen molar-refractivity contribution in [3.63, 3.8) is 0 Å². The molecule has 4 heteroatoms. The van der Waals surface area contributed by atoms with Crippen LogP contribution in [0.15, 0.2) is 18.2 Å². The summed E-state index contributed by atoms with van der Waals surface area (Å²) in [6.45, 7) is 2.41. The van der Waals surface area contributed by atoms with Crippen LogP contribution in [-0.2, 0) is 0 Å². The SMILES string of the molecule is CCOc1ccc([C@H](N)CO)cc1OC. The third-order valence-electron chi connectivity index (χ3n) is 2.11. The first-order valence-corrected chi connectivity index (χ1v) is 4.90. The van der Waals surface area contributed by atoms with Gasteiger partial charge >= 0.3 is 0 Å². The molecular formula is C11H17NO3. The molecule has 0 heterocycles. The van der Waals surface area contributed by atoms with Crippen molar-refractivity contribution in [1.82, 2.24) is 0 Å². The molecule has 0 aliphatic rings. The largest absolute Gasteiger partial charge is 0.493 e. The van der Waals surface area contributed by atoms with Crippen molar-refractivity contribution in [2.24, 2.45) is 5.73 Å². The van der Waals surface area contributed by atoms with Gasteiger partial charge in [-0.05, 0) is 24.6 Å². The molecule has 0 aliphatic heterocycles. The van der Waals surface area contributed by atoms with E-state index in [0.29, 0.717) is 18.1 Å². The monoisotopic (exact) mass is 211 g/mol. The molecule has 0 radical (unpaired) electrons. The van der Waals surface area contributed by atoms with Crippen LogP contribution < -0.4 is 15.2 Å². The third-order valence-corrected chi connectivity index (χ3v) is 2.11. The lowest BCUT2D eigenvalue weighted by molar-refractivity contribution is 0.267. The molecule has 84 valence electrons. The quantitative estimate of drug-likeness (QED) is 0.765. The molecule has 1 atom stereocenters. The summed E-state index contributed by atoms with van der Waals surface area (Å²) in [6, 6.07) is 5.03. The van der Waals surface area contributed by atoms with E-state index in [-0.39, 0.29) is 12.6 Å². The highest BCUT2D eigenvalue weighted by molar-refractivity contribution is 5.43. The van der Waals surface area contributed by atoms with Crippen LogP contribution in [0.3, 0.4) is 0 Å². The Kier molecular flexibility index (Phi) is 4.39. The van der Waals surface area contributed by atoms with Crippen molar-refractivity contribution < 1.29 is 14.6 Å². The van der Waals surface area contributed by atoms with Crippen molar-refractivity contribution in [2.45, 2.75) is 13.0 Å². The van der Waals surface area contributed by atoms with E-state index in [0.717, 1.165) is 5.56 Å². The fraction of sp³-hybridized carbons (Fsp3) is 0.455. The molecule has 0 saturated carbocycles. The van der Waals surface area contributed by atoms with Crippen LogP contribution in [0.5, 0.6) is 11.5 Å². The first kappa shape index (κ1) is 11.8. The van der Waals surface area contributed by atoms with Gasteiger partial charge in [0.15, 0.2) is 11.5 Å². The molecule has 1 aromatic rings. The second kappa shape index (κ2) is 5.58. The smallest absolute Gasteiger partial charge is 0.161 e. The fourth-order valence-corrected chi connectivity index (χ4v) is 1.29. The summed E-state index contributed by atoms with van der Waals surface area (Å²) in [6.07, 6.45) is 0. The maximum Gasteiger partial charge on any atom is 0.161 e. The standard InChI is InChI=1S/C11H17NO3/c1-3-15-10-5-4-8(9(12)7-13)6-11(10)14-2/h4-6,9,13H,3,7,12H2,1-2H3/t9-/m1/s1. The number of ether oxygens (including phenoxy) is 2. The van der Waals surface area contributed by atoms with Crippen molar-refractivity contribution in [1.29, 1.82) is 0 Å². The molecule has 15 heavy (non-hydrogen) atoms. The first-order valence-electron chi connectivity index (χ1n) is 4.90. The molecule has 0 aliphatic carbocycles. The number of hydrogen-bond donors (Lipinski definition) is 2. The zero-order valence-corrected chi connectivity index (χ0v) is 9.06. The molecule has 0 saturated heterocycles. The number of rotatable bonds is 5. The van der Waals surface area contributed by atoms with Crippen LogP contribution in [0, 0.1) is 0 Å². The second-order valence-corrected chi connectivity index (χ2v) is 3.13. The lowest BCUT2D eigenvalue weighted by Crippen LogP contribution is -2.14. The van der Waals surface area contributed by atoms with E-state index in [2.05, 4.69) is 0 Å². The van der Waals surface area contributed by atoms with E-state index in [9.17, 15) is 0 Å². The van der Waals surface area contributed by atoms with Gasteiger partial charge in [0.2, 0.25) is 0 Å². The van der Waals surface area contributed by atoms with E-state index in [1.165, 1.54) is 0 Å². The Morgan fingerprint density at radius 1 is 1.40 bits per heavy atom. The predicted molar refractivity (Wildman–Crippen MR) is 58.2 cm³/mol. The minimum absolute atomic E-state index is 0.0862. The number of aliphatic hydroxyl groups is 1. The summed E-state index contributed by atoms with van der Waals surface area (Å²) in [5.41, 5.74) is 6.53. The van der Waals surface area contributed by atoms with Crippen LogP contribution in [0.1, 0.15) is 18.5 Å². The molecule has 0 bridgehead atoms. The molecule has 1 rings (SSSR count). The Morgan fingerprint density at radius 3 is 2.67 bits per heavy atom. The summed E-state index contributed by atoms with van der Waals surface area (Å²) in [5.74, 6) is 1.33. The zero-order valence-electron chi connectivity index (χ0n) is 9.06. The zero-order chi connectivity index (χ0) is 11.3. The van der Waals surface area contributed by atoms with Crippen molar-refractivity contribution in [2.75, 3.05) is 20.3 Å². The molecule has 4 nitrogen and oxygen atoms in total. The lowest BCUT2D eigenvalue weighted by atomic mass is 10.1. The predicted octanol–water partition coefficient (Wildman–Crippen LogP) is 1.09. The van der Waals surface area contributed by atoms with Gasteiger partial charge in [0, 0.05) is 0 Å². The summed E-state index contributed by atoms with van der Waals surface area (Å²) in [4.78, 5) is 0. The average Bonchev–Trinajstić information content (AvgIpc) is 2.29. The normalized spacial score (nSPS) is 12.3. The van der Waals surface area contributed by atoms with Gasteiger partial charge in [0.1, 0.15) is 0 Å². The summed E-state index contributed by atoms with van der Waals surface area (Å²) >= 11 is 0. The van der Waals surface area contributed by atoms with Gasteiger partial charge in [-0.2, -0.15) is 0 Å². The Balaban J connectivity index is 2.96. The summed E-state index contributed by atoms with van der Waals surface area (Å²) in [5, 5.41) is 8.93. The van der Waals surface area contributed by atoms with Gasteiger partial charge in [-0.1, -0.05) is 6.07 Å². The van der Waals surface area contributed by atoms with Crippen LogP contribution in [0.25, 0.3) is 0 Å². The molecule has 3 N–H and O–H groups in total. The molecule has 1 aromatic carbocycles. The number of hydrogen-bond acceptors (Lipinski definition) is 4. The number of benzene rings is 1. The van der Waals surface area contributed by atoms with Gasteiger partial charge in [-0.15, -0.1) is 0 Å². The van der Waals surface area contributed by atoms with E-state index in [1.54, 1.807) is 19.2 Å². The fourth-order valence-electron chi connectivity index (χ4n) is 1.29. The van der Waals surface area contributed by atoms with Gasteiger partial charge in [-0.3, -0.25) is 0 Å². The third kappa shape index (κ3) is 2.84. The highest BCUT2D eigenvalue weighted by atomic mass is 16.5. The van der Waals surface area contributed by atoms with E-state index < -0.39 is 0 Å². The average molecular weight is 211 g/mol. The number of aliphatic hydroxyl groups excluding tert-OH is 1. The van der Waals surface area contributed by atoms with Crippen LogP contribution in [0.4, 0.5) is 0 Å². The number of methoxy groups -OCH3 is 1. The Hall–Kier alpha value is -1.26. The molecular weight excluding hydrogens is 194 g/mol. The van der Waals surface area contributed by atoms with Gasteiger partial charge < -0.3 is 20.3 Å². The molecule has 0 amide bonds. The van der Waals surface area contributed by atoms with Crippen molar-refractivity contribution in [3.05, 3.63) is 23.8 Å². The first-order chi connectivity index (χ1) is 7.22. The second-order valence-electron chi connectivity index (χ2n) is 3.13. The van der Waals surface area contributed by atoms with Crippen LogP contribution in [-0.4, -0.2) is 25.4 Å². The van der Waals surface area contributed by atoms with Crippen molar-refractivity contribution in [3.8, 4) is 11.5 Å². The van der Waals surface area contributed by atoms with Crippen molar-refractivity contribution >= 4 is 0 Å². The maximum absolute atomic E-state index is 8.93. The Labute approximate surface area is 89.6 Å². The summed E-state index contributed by atoms with van der Waals surface area (Å²) < 4.78 is 10.5. The molecule has 0 unspecified atom stereocenters. The van der Waals surface area contributed by atoms with Gasteiger partial charge in [0.25, 0.3) is 0 Å². The molecule has 0 aromatic heterocycles. The van der Waals surface area contributed by atoms with E-state index in [1.807, 2.05) is 13.0 Å². The lowest BCUT2D eigenvalue weighted by Gasteiger charge is -2.13. The Bertz CT molecular complexity index is 315. The van der Waals surface area contributed by atoms with Crippen LogP contribution in [0.2, 0.25) is 0 Å². The minimum Gasteiger partial charge on any atom is -0.493 e. The van der Waals surface area contributed by atoms with Gasteiger partial charge in [0.05, 0.1) is 26.4 Å². The van der Waals surface area contributed by atoms with E-state index in [4.69, 9.17) is 20.3 Å². The van der Waals surface area contributed by atoms with Gasteiger partial charge in [-0.25, -0.2) is 0 Å². The Morgan fingerprint density at radius 2 is 2.13 bits per heavy atom.